The van der Waals surface area contributed by atoms with Crippen LogP contribution in [0.5, 0.6) is 0 Å². The van der Waals surface area contributed by atoms with E-state index in [1.165, 1.54) is 11.3 Å². The summed E-state index contributed by atoms with van der Waals surface area (Å²) in [7, 11) is 0. The van der Waals surface area contributed by atoms with Crippen LogP contribution in [0.2, 0.25) is 10.0 Å². The van der Waals surface area contributed by atoms with E-state index < -0.39 is 0 Å². The summed E-state index contributed by atoms with van der Waals surface area (Å²) in [5.74, 6) is -0.0387. The van der Waals surface area contributed by atoms with Crippen LogP contribution < -0.4 is 0 Å². The van der Waals surface area contributed by atoms with Gasteiger partial charge in [0.1, 0.15) is 0 Å². The number of hydrogen-bond acceptors (Lipinski definition) is 4. The number of thiophene rings is 1. The number of halogens is 2. The Morgan fingerprint density at radius 3 is 2.10 bits per heavy atom. The molecule has 0 bridgehead atoms. The van der Waals surface area contributed by atoms with Gasteiger partial charge >= 0.3 is 0 Å². The Balaban J connectivity index is 1.28. The fourth-order valence-corrected chi connectivity index (χ4v) is 5.29. The van der Waals surface area contributed by atoms with Crippen molar-refractivity contribution in [2.45, 2.75) is 12.8 Å². The highest BCUT2D eigenvalue weighted by molar-refractivity contribution is 7.12. The number of amides is 3. The topological polar surface area (TPSA) is 60.9 Å². The largest absolute Gasteiger partial charge is 0.339 e. The summed E-state index contributed by atoms with van der Waals surface area (Å²) in [5, 5.41) is 2.72. The second-order valence-electron chi connectivity index (χ2n) is 7.79. The molecule has 2 aliphatic heterocycles. The molecule has 4 rings (SSSR count). The molecule has 0 unspecified atom stereocenters. The molecule has 6 nitrogen and oxygen atoms in total. The summed E-state index contributed by atoms with van der Waals surface area (Å²) in [6, 6.07) is 8.55. The van der Waals surface area contributed by atoms with Crippen molar-refractivity contribution in [1.82, 2.24) is 14.7 Å². The molecule has 1 aromatic heterocycles. The standard InChI is InChI=1S/C22H23Cl2N3O3S/c23-16-3-4-17(18(24)14-16)21(29)27-11-9-26(10-12-27)20(28)15-5-7-25(8-6-15)22(30)19-2-1-13-31-19/h1-4,13-15H,5-12H2. The van der Waals surface area contributed by atoms with Crippen LogP contribution in [0, 0.1) is 5.92 Å². The average molecular weight is 480 g/mol. The minimum Gasteiger partial charge on any atom is -0.339 e. The van der Waals surface area contributed by atoms with Crippen LogP contribution >= 0.6 is 34.5 Å². The fourth-order valence-electron chi connectivity index (χ4n) is 4.11. The van der Waals surface area contributed by atoms with E-state index in [-0.39, 0.29) is 23.6 Å². The summed E-state index contributed by atoms with van der Waals surface area (Å²) in [4.78, 5) is 44.4. The van der Waals surface area contributed by atoms with Gasteiger partial charge in [-0.1, -0.05) is 29.3 Å². The van der Waals surface area contributed by atoms with Gasteiger partial charge in [-0.15, -0.1) is 11.3 Å². The molecule has 31 heavy (non-hydrogen) atoms. The highest BCUT2D eigenvalue weighted by Crippen LogP contribution is 2.25. The van der Waals surface area contributed by atoms with E-state index in [1.807, 2.05) is 27.3 Å². The molecule has 0 atom stereocenters. The number of piperazine rings is 1. The van der Waals surface area contributed by atoms with Gasteiger partial charge in [-0.05, 0) is 42.5 Å². The van der Waals surface area contributed by atoms with Crippen LogP contribution in [0.25, 0.3) is 0 Å². The van der Waals surface area contributed by atoms with Gasteiger partial charge in [0.15, 0.2) is 0 Å². The van der Waals surface area contributed by atoms with Gasteiger partial charge in [0.25, 0.3) is 11.8 Å². The SMILES string of the molecule is O=C(c1cccs1)N1CCC(C(=O)N2CCN(C(=O)c3ccc(Cl)cc3Cl)CC2)CC1. The molecule has 164 valence electrons. The predicted molar refractivity (Wildman–Crippen MR) is 122 cm³/mol. The van der Waals surface area contributed by atoms with E-state index in [9.17, 15) is 14.4 Å². The Hall–Kier alpha value is -2.09. The predicted octanol–water partition coefficient (Wildman–Crippen LogP) is 3.89. The molecule has 2 aliphatic rings. The zero-order valence-corrected chi connectivity index (χ0v) is 19.3. The molecule has 0 aliphatic carbocycles. The number of benzene rings is 1. The van der Waals surface area contributed by atoms with Crippen LogP contribution in [0.3, 0.4) is 0 Å². The molecule has 2 fully saturated rings. The average Bonchev–Trinajstić information content (AvgIpc) is 3.33. The molecular weight excluding hydrogens is 457 g/mol. The Labute approximate surface area is 195 Å². The summed E-state index contributed by atoms with van der Waals surface area (Å²) in [6.45, 7) is 3.15. The summed E-state index contributed by atoms with van der Waals surface area (Å²) in [5.41, 5.74) is 0.425. The zero-order valence-electron chi connectivity index (χ0n) is 16.9. The van der Waals surface area contributed by atoms with E-state index in [4.69, 9.17) is 23.2 Å². The number of carbonyl (C=O) groups is 3. The van der Waals surface area contributed by atoms with E-state index in [2.05, 4.69) is 0 Å². The Morgan fingerprint density at radius 1 is 0.839 bits per heavy atom. The highest BCUT2D eigenvalue weighted by Gasteiger charge is 2.33. The summed E-state index contributed by atoms with van der Waals surface area (Å²) in [6.07, 6.45) is 1.35. The molecule has 0 radical (unpaired) electrons. The van der Waals surface area contributed by atoms with Crippen LogP contribution in [-0.4, -0.2) is 71.7 Å². The van der Waals surface area contributed by atoms with Crippen molar-refractivity contribution in [3.05, 3.63) is 56.2 Å². The van der Waals surface area contributed by atoms with E-state index >= 15 is 0 Å². The molecular formula is C22H23Cl2N3O3S. The summed E-state index contributed by atoms with van der Waals surface area (Å²) < 4.78 is 0. The van der Waals surface area contributed by atoms with Crippen molar-refractivity contribution in [2.75, 3.05) is 39.3 Å². The maximum Gasteiger partial charge on any atom is 0.263 e. The lowest BCUT2D eigenvalue weighted by Gasteiger charge is -2.38. The first-order valence-electron chi connectivity index (χ1n) is 10.3. The lowest BCUT2D eigenvalue weighted by atomic mass is 9.94. The van der Waals surface area contributed by atoms with Gasteiger partial charge in [-0.25, -0.2) is 0 Å². The first-order valence-corrected chi connectivity index (χ1v) is 11.9. The van der Waals surface area contributed by atoms with Crippen LogP contribution in [0.1, 0.15) is 32.9 Å². The van der Waals surface area contributed by atoms with Crippen LogP contribution in [0.4, 0.5) is 0 Å². The van der Waals surface area contributed by atoms with Gasteiger partial charge < -0.3 is 14.7 Å². The number of hydrogen-bond donors (Lipinski definition) is 0. The third-order valence-corrected chi connectivity index (χ3v) is 7.31. The van der Waals surface area contributed by atoms with Crippen LogP contribution in [0.15, 0.2) is 35.7 Å². The van der Waals surface area contributed by atoms with Gasteiger partial charge in [-0.3, -0.25) is 14.4 Å². The molecule has 0 saturated carbocycles. The third kappa shape index (κ3) is 4.89. The minimum absolute atomic E-state index is 0.0499. The molecule has 9 heteroatoms. The zero-order chi connectivity index (χ0) is 22.0. The van der Waals surface area contributed by atoms with Gasteiger partial charge in [0.2, 0.25) is 5.91 Å². The third-order valence-electron chi connectivity index (χ3n) is 5.90. The first-order chi connectivity index (χ1) is 14.9. The number of likely N-dealkylation sites (tertiary alicyclic amines) is 1. The summed E-state index contributed by atoms with van der Waals surface area (Å²) >= 11 is 13.5. The minimum atomic E-state index is -0.144. The van der Waals surface area contributed by atoms with Crippen LogP contribution in [-0.2, 0) is 4.79 Å². The van der Waals surface area contributed by atoms with Crippen molar-refractivity contribution < 1.29 is 14.4 Å². The van der Waals surface area contributed by atoms with Crippen molar-refractivity contribution in [3.8, 4) is 0 Å². The van der Waals surface area contributed by atoms with Crippen molar-refractivity contribution in [1.29, 1.82) is 0 Å². The van der Waals surface area contributed by atoms with Crippen molar-refractivity contribution in [3.63, 3.8) is 0 Å². The Bertz CT molecular complexity index is 966. The normalized spacial score (nSPS) is 17.7. The monoisotopic (exact) mass is 479 g/mol. The molecule has 0 N–H and O–H groups in total. The number of carbonyl (C=O) groups excluding carboxylic acids is 3. The molecule has 1 aromatic carbocycles. The number of piperidine rings is 1. The molecule has 2 saturated heterocycles. The van der Waals surface area contributed by atoms with E-state index in [0.717, 1.165) is 4.88 Å². The van der Waals surface area contributed by atoms with E-state index in [1.54, 1.807) is 23.1 Å². The first kappa shape index (κ1) is 22.1. The lowest BCUT2D eigenvalue weighted by Crippen LogP contribution is -2.53. The van der Waals surface area contributed by atoms with Gasteiger partial charge in [0, 0.05) is 50.2 Å². The second kappa shape index (κ2) is 9.59. The fraction of sp³-hybridized carbons (Fsp3) is 0.409. The quantitative estimate of drug-likeness (QED) is 0.670. The Kier molecular flexibility index (Phi) is 6.84. The van der Waals surface area contributed by atoms with E-state index in [0.29, 0.717) is 67.7 Å². The van der Waals surface area contributed by atoms with Crippen molar-refractivity contribution >= 4 is 52.3 Å². The molecule has 3 heterocycles. The van der Waals surface area contributed by atoms with Crippen molar-refractivity contribution in [2.24, 2.45) is 5.92 Å². The Morgan fingerprint density at radius 2 is 1.48 bits per heavy atom. The van der Waals surface area contributed by atoms with Gasteiger partial charge in [-0.2, -0.15) is 0 Å². The lowest BCUT2D eigenvalue weighted by molar-refractivity contribution is -0.138. The smallest absolute Gasteiger partial charge is 0.263 e. The molecule has 2 aromatic rings. The second-order valence-corrected chi connectivity index (χ2v) is 9.58. The molecule has 0 spiro atoms. The van der Waals surface area contributed by atoms with Gasteiger partial charge in [0.05, 0.1) is 15.5 Å². The molecule has 3 amide bonds. The highest BCUT2D eigenvalue weighted by atomic mass is 35.5. The number of rotatable bonds is 3. The number of nitrogens with zero attached hydrogens (tertiary/aromatic N) is 3. The maximum atomic E-state index is 13.0. The maximum absolute atomic E-state index is 13.0.